The van der Waals surface area contributed by atoms with Crippen LogP contribution < -0.4 is 5.69 Å². The van der Waals surface area contributed by atoms with Crippen LogP contribution in [0.4, 0.5) is 5.95 Å². The molecule has 1 heterocycles. The van der Waals surface area contributed by atoms with E-state index in [1.165, 1.54) is 0 Å². The van der Waals surface area contributed by atoms with E-state index in [0.29, 0.717) is 0 Å². The molecule has 0 bridgehead atoms. The van der Waals surface area contributed by atoms with Crippen molar-refractivity contribution in [3.8, 4) is 0 Å². The number of aromatic nitrogens is 3. The van der Waals surface area contributed by atoms with Crippen molar-refractivity contribution in [3.63, 3.8) is 0 Å². The third kappa shape index (κ3) is 1.47. The van der Waals surface area contributed by atoms with Gasteiger partial charge in [-0.05, 0) is 4.92 Å². The van der Waals surface area contributed by atoms with Gasteiger partial charge in [-0.2, -0.15) is 0 Å². The van der Waals surface area contributed by atoms with E-state index in [9.17, 15) is 35.1 Å². The first-order valence-corrected chi connectivity index (χ1v) is 3.02. The Morgan fingerprint density at radius 3 is 1.87 bits per heavy atom. The molecule has 0 unspecified atom stereocenters. The molecule has 0 aromatic carbocycles. The minimum Gasteiger partial charge on any atom is -0.390 e. The van der Waals surface area contributed by atoms with Gasteiger partial charge in [0.1, 0.15) is 4.68 Å². The van der Waals surface area contributed by atoms with E-state index in [2.05, 4.69) is 5.10 Å². The summed E-state index contributed by atoms with van der Waals surface area (Å²) in [5.41, 5.74) is -1.84. The second-order valence-electron chi connectivity index (χ2n) is 2.02. The molecule has 0 aliphatic heterocycles. The van der Waals surface area contributed by atoms with Crippen molar-refractivity contribution in [1.82, 2.24) is 14.6 Å². The molecule has 0 saturated heterocycles. The SMILES string of the molecule is O=c1n([N+](=O)[O-])nc([N+](=O)[O-])n1[N+](=O)[O-]. The van der Waals surface area contributed by atoms with Crippen LogP contribution in [0.1, 0.15) is 0 Å². The van der Waals surface area contributed by atoms with Crippen LogP contribution >= 0.6 is 0 Å². The van der Waals surface area contributed by atoms with E-state index in [4.69, 9.17) is 0 Å². The van der Waals surface area contributed by atoms with Crippen molar-refractivity contribution in [2.24, 2.45) is 0 Å². The maximum absolute atomic E-state index is 10.9. The maximum atomic E-state index is 10.9. The first-order chi connectivity index (χ1) is 6.86. The molecule has 0 spiro atoms. The van der Waals surface area contributed by atoms with Gasteiger partial charge in [0, 0.05) is 0 Å². The summed E-state index contributed by atoms with van der Waals surface area (Å²) in [5, 5.41) is 30.1. The second-order valence-corrected chi connectivity index (χ2v) is 2.02. The Morgan fingerprint density at radius 1 is 1.07 bits per heavy atom. The third-order valence-corrected chi connectivity index (χ3v) is 1.21. The van der Waals surface area contributed by atoms with Gasteiger partial charge in [-0.15, -0.1) is 0 Å². The lowest BCUT2D eigenvalue weighted by atomic mass is 11.0. The van der Waals surface area contributed by atoms with Crippen LogP contribution in [0.3, 0.4) is 0 Å². The van der Waals surface area contributed by atoms with E-state index >= 15 is 0 Å². The number of rotatable bonds is 3. The van der Waals surface area contributed by atoms with Gasteiger partial charge in [0.05, 0.1) is 14.9 Å². The summed E-state index contributed by atoms with van der Waals surface area (Å²) in [7, 11) is 0. The standard InChI is InChI=1S/C2N6O7/c9-2-4(7(12)13)1(6(10)11)3-5(2)8(14)15. The zero-order chi connectivity index (χ0) is 11.7. The lowest BCUT2D eigenvalue weighted by Gasteiger charge is -1.86. The molecular weight excluding hydrogens is 220 g/mol. The van der Waals surface area contributed by atoms with E-state index in [1.807, 2.05) is 0 Å². The average Bonchev–Trinajstić information content (AvgIpc) is 2.42. The molecule has 0 saturated carbocycles. The largest absolute Gasteiger partial charge is 0.527 e. The Bertz CT molecular complexity index is 508. The van der Waals surface area contributed by atoms with Crippen molar-refractivity contribution in [2.45, 2.75) is 0 Å². The Labute approximate surface area is 77.5 Å². The maximum Gasteiger partial charge on any atom is 0.527 e. The fraction of sp³-hybridized carbons (Fsp3) is 0. The summed E-state index contributed by atoms with van der Waals surface area (Å²) in [5.74, 6) is -1.54. The van der Waals surface area contributed by atoms with Crippen LogP contribution in [-0.4, -0.2) is 29.6 Å². The Kier molecular flexibility index (Phi) is 2.13. The number of hydrogen-bond donors (Lipinski definition) is 0. The molecule has 0 amide bonds. The summed E-state index contributed by atoms with van der Waals surface area (Å²) < 4.78 is -0.636. The molecule has 0 aliphatic rings. The van der Waals surface area contributed by atoms with Crippen molar-refractivity contribution >= 4 is 5.95 Å². The fourth-order valence-electron chi connectivity index (χ4n) is 0.703. The van der Waals surface area contributed by atoms with Crippen LogP contribution in [-0.2, 0) is 0 Å². The number of hydrogen-bond acceptors (Lipinski definition) is 8. The molecule has 0 fully saturated rings. The van der Waals surface area contributed by atoms with E-state index in [1.54, 1.807) is 0 Å². The molecule has 80 valence electrons. The molecule has 13 heteroatoms. The van der Waals surface area contributed by atoms with Crippen LogP contribution in [0.2, 0.25) is 0 Å². The molecular formula is C2N6O7. The molecule has 15 heavy (non-hydrogen) atoms. The quantitative estimate of drug-likeness (QED) is 0.417. The van der Waals surface area contributed by atoms with Crippen LogP contribution in [0.5, 0.6) is 0 Å². The first-order valence-electron chi connectivity index (χ1n) is 3.02. The third-order valence-electron chi connectivity index (χ3n) is 1.21. The smallest absolute Gasteiger partial charge is 0.390 e. The Morgan fingerprint density at radius 2 is 1.60 bits per heavy atom. The predicted molar refractivity (Wildman–Crippen MR) is 37.9 cm³/mol. The van der Waals surface area contributed by atoms with Gasteiger partial charge in [0.25, 0.3) is 0 Å². The molecule has 1 aromatic heterocycles. The normalized spacial score (nSPS) is 9.87. The van der Waals surface area contributed by atoms with Gasteiger partial charge in [0.15, 0.2) is 0 Å². The van der Waals surface area contributed by atoms with Gasteiger partial charge in [-0.25, -0.2) is 14.9 Å². The highest BCUT2D eigenvalue weighted by molar-refractivity contribution is 4.99. The highest BCUT2D eigenvalue weighted by atomic mass is 16.7. The van der Waals surface area contributed by atoms with E-state index < -0.39 is 36.1 Å². The topological polar surface area (TPSA) is 169 Å². The van der Waals surface area contributed by atoms with Crippen LogP contribution in [0.25, 0.3) is 0 Å². The average molecular weight is 220 g/mol. The highest BCUT2D eigenvalue weighted by Gasteiger charge is 2.36. The van der Waals surface area contributed by atoms with Gasteiger partial charge in [0.2, 0.25) is 5.03 Å². The molecule has 0 radical (unpaired) electrons. The van der Waals surface area contributed by atoms with Crippen molar-refractivity contribution in [2.75, 3.05) is 0 Å². The van der Waals surface area contributed by atoms with E-state index in [0.717, 1.165) is 0 Å². The minimum absolute atomic E-state index is 0.596. The zero-order valence-corrected chi connectivity index (χ0v) is 6.54. The lowest BCUT2D eigenvalue weighted by Crippen LogP contribution is -2.32. The van der Waals surface area contributed by atoms with Crippen molar-refractivity contribution < 1.29 is 15.0 Å². The van der Waals surface area contributed by atoms with Gasteiger partial charge in [-0.3, -0.25) is 0 Å². The predicted octanol–water partition coefficient (Wildman–Crippen LogP) is -1.97. The van der Waals surface area contributed by atoms with Gasteiger partial charge >= 0.3 is 11.6 Å². The summed E-state index contributed by atoms with van der Waals surface area (Å²) >= 11 is 0. The Balaban J connectivity index is 3.61. The van der Waals surface area contributed by atoms with Gasteiger partial charge < -0.3 is 20.2 Å². The number of nitro groups is 3. The van der Waals surface area contributed by atoms with Crippen molar-refractivity contribution in [3.05, 3.63) is 40.8 Å². The molecule has 13 nitrogen and oxygen atoms in total. The molecule has 1 aromatic rings. The van der Waals surface area contributed by atoms with Gasteiger partial charge in [-0.1, -0.05) is 0 Å². The minimum atomic E-state index is -1.84. The molecule has 0 N–H and O–H groups in total. The zero-order valence-electron chi connectivity index (χ0n) is 6.54. The molecule has 0 aliphatic carbocycles. The number of nitrogens with zero attached hydrogens (tertiary/aromatic N) is 6. The summed E-state index contributed by atoms with van der Waals surface area (Å²) in [6, 6.07) is 0. The Hall–Kier alpha value is -2.86. The monoisotopic (exact) mass is 220 g/mol. The lowest BCUT2D eigenvalue weighted by molar-refractivity contribution is -0.573. The van der Waals surface area contributed by atoms with Crippen molar-refractivity contribution in [1.29, 1.82) is 0 Å². The van der Waals surface area contributed by atoms with Crippen LogP contribution in [0, 0.1) is 30.3 Å². The van der Waals surface area contributed by atoms with Crippen LogP contribution in [0.15, 0.2) is 4.79 Å². The van der Waals surface area contributed by atoms with E-state index in [-0.39, 0.29) is 0 Å². The second kappa shape index (κ2) is 3.13. The molecule has 0 atom stereocenters. The molecule has 1 rings (SSSR count). The highest BCUT2D eigenvalue weighted by Crippen LogP contribution is 2.02. The summed E-state index contributed by atoms with van der Waals surface area (Å²) in [6.45, 7) is 0. The fourth-order valence-corrected chi connectivity index (χ4v) is 0.703. The summed E-state index contributed by atoms with van der Waals surface area (Å²) in [4.78, 5) is 39.3. The first kappa shape index (κ1) is 10.2. The summed E-state index contributed by atoms with van der Waals surface area (Å²) in [6.07, 6.45) is 0.